The van der Waals surface area contributed by atoms with Gasteiger partial charge in [0.2, 0.25) is 0 Å². The van der Waals surface area contributed by atoms with Crippen molar-refractivity contribution in [1.29, 1.82) is 0 Å². The molecule has 0 aliphatic rings. The molecule has 0 bridgehead atoms. The lowest BCUT2D eigenvalue weighted by Gasteiger charge is -1.90. The van der Waals surface area contributed by atoms with Crippen LogP contribution in [0, 0.1) is 0 Å². The molecule has 0 aliphatic carbocycles. The van der Waals surface area contributed by atoms with Gasteiger partial charge < -0.3 is 9.72 Å². The standard InChI is InChI=1S/C8H7NO2S/c1-11-8(10)7-4-5-6(12-7)2-3-9-5/h2-4,9H,1H3. The van der Waals surface area contributed by atoms with Crippen LogP contribution in [0.5, 0.6) is 0 Å². The number of hydrogen-bond donors (Lipinski definition) is 1. The molecule has 0 saturated carbocycles. The van der Waals surface area contributed by atoms with Gasteiger partial charge in [0.1, 0.15) is 4.88 Å². The van der Waals surface area contributed by atoms with Gasteiger partial charge >= 0.3 is 5.97 Å². The molecule has 0 atom stereocenters. The zero-order valence-electron chi connectivity index (χ0n) is 6.46. The second-order valence-corrected chi connectivity index (χ2v) is 3.44. The maximum atomic E-state index is 11.1. The van der Waals surface area contributed by atoms with Crippen molar-refractivity contribution in [1.82, 2.24) is 4.98 Å². The molecule has 0 aliphatic heterocycles. The molecule has 0 saturated heterocycles. The summed E-state index contributed by atoms with van der Waals surface area (Å²) in [6.45, 7) is 0. The molecule has 2 heterocycles. The highest BCUT2D eigenvalue weighted by Gasteiger charge is 2.09. The summed E-state index contributed by atoms with van der Waals surface area (Å²) >= 11 is 1.43. The average molecular weight is 181 g/mol. The fourth-order valence-corrected chi connectivity index (χ4v) is 1.99. The summed E-state index contributed by atoms with van der Waals surface area (Å²) in [4.78, 5) is 14.7. The SMILES string of the molecule is COC(=O)c1cc2[nH]ccc2s1. The van der Waals surface area contributed by atoms with Crippen molar-refractivity contribution >= 4 is 27.5 Å². The summed E-state index contributed by atoms with van der Waals surface area (Å²) < 4.78 is 5.67. The minimum absolute atomic E-state index is 0.274. The van der Waals surface area contributed by atoms with Crippen LogP contribution in [0.25, 0.3) is 10.2 Å². The molecule has 0 amide bonds. The highest BCUT2D eigenvalue weighted by atomic mass is 32.1. The highest BCUT2D eigenvalue weighted by Crippen LogP contribution is 2.24. The Hall–Kier alpha value is -1.29. The monoisotopic (exact) mass is 181 g/mol. The lowest BCUT2D eigenvalue weighted by molar-refractivity contribution is 0.0606. The zero-order chi connectivity index (χ0) is 8.55. The van der Waals surface area contributed by atoms with Gasteiger partial charge in [-0.1, -0.05) is 0 Å². The Bertz CT molecular complexity index is 387. The van der Waals surface area contributed by atoms with E-state index in [2.05, 4.69) is 9.72 Å². The first-order valence-corrected chi connectivity index (χ1v) is 4.28. The van der Waals surface area contributed by atoms with Crippen molar-refractivity contribution in [2.45, 2.75) is 0 Å². The van der Waals surface area contributed by atoms with Gasteiger partial charge in [-0.15, -0.1) is 11.3 Å². The first-order chi connectivity index (χ1) is 5.81. The number of methoxy groups -OCH3 is 1. The minimum Gasteiger partial charge on any atom is -0.465 e. The van der Waals surface area contributed by atoms with E-state index in [1.165, 1.54) is 18.4 Å². The van der Waals surface area contributed by atoms with Crippen LogP contribution in [0.3, 0.4) is 0 Å². The van der Waals surface area contributed by atoms with Gasteiger partial charge in [-0.05, 0) is 12.1 Å². The lowest BCUT2D eigenvalue weighted by atomic mass is 10.4. The number of carbonyl (C=O) groups excluding carboxylic acids is 1. The van der Waals surface area contributed by atoms with Gasteiger partial charge in [0.15, 0.2) is 0 Å². The van der Waals surface area contributed by atoms with Gasteiger partial charge in [-0.3, -0.25) is 0 Å². The highest BCUT2D eigenvalue weighted by molar-refractivity contribution is 7.20. The maximum Gasteiger partial charge on any atom is 0.348 e. The van der Waals surface area contributed by atoms with Gasteiger partial charge in [0.25, 0.3) is 0 Å². The Morgan fingerprint density at radius 3 is 3.17 bits per heavy atom. The third-order valence-electron chi connectivity index (χ3n) is 1.62. The molecular weight excluding hydrogens is 174 g/mol. The Morgan fingerprint density at radius 2 is 2.50 bits per heavy atom. The molecule has 0 unspecified atom stereocenters. The molecule has 0 aromatic carbocycles. The predicted octanol–water partition coefficient (Wildman–Crippen LogP) is 2.02. The Kier molecular flexibility index (Phi) is 1.62. The molecule has 4 heteroatoms. The van der Waals surface area contributed by atoms with Gasteiger partial charge in [-0.25, -0.2) is 4.79 Å². The summed E-state index contributed by atoms with van der Waals surface area (Å²) in [7, 11) is 1.39. The van der Waals surface area contributed by atoms with E-state index >= 15 is 0 Å². The minimum atomic E-state index is -0.274. The molecule has 62 valence electrons. The fourth-order valence-electron chi connectivity index (χ4n) is 1.05. The molecule has 3 nitrogen and oxygen atoms in total. The first kappa shape index (κ1) is 7.36. The van der Waals surface area contributed by atoms with Crippen molar-refractivity contribution in [3.63, 3.8) is 0 Å². The summed E-state index contributed by atoms with van der Waals surface area (Å²) in [6.07, 6.45) is 1.85. The van der Waals surface area contributed by atoms with E-state index < -0.39 is 0 Å². The third-order valence-corrected chi connectivity index (χ3v) is 2.70. The van der Waals surface area contributed by atoms with Crippen LogP contribution < -0.4 is 0 Å². The summed E-state index contributed by atoms with van der Waals surface area (Å²) in [5.41, 5.74) is 0.986. The molecule has 1 N–H and O–H groups in total. The smallest absolute Gasteiger partial charge is 0.348 e. The number of hydrogen-bond acceptors (Lipinski definition) is 3. The number of carbonyl (C=O) groups is 1. The van der Waals surface area contributed by atoms with E-state index in [4.69, 9.17) is 0 Å². The Balaban J connectivity index is 2.51. The maximum absolute atomic E-state index is 11.1. The van der Waals surface area contributed by atoms with Crippen molar-refractivity contribution in [3.05, 3.63) is 23.2 Å². The number of ether oxygens (including phenoxy) is 1. The van der Waals surface area contributed by atoms with Crippen molar-refractivity contribution in [2.24, 2.45) is 0 Å². The van der Waals surface area contributed by atoms with Crippen LogP contribution in [0.15, 0.2) is 18.3 Å². The lowest BCUT2D eigenvalue weighted by Crippen LogP contribution is -1.96. The van der Waals surface area contributed by atoms with E-state index in [0.29, 0.717) is 4.88 Å². The van der Waals surface area contributed by atoms with Crippen LogP contribution in [-0.4, -0.2) is 18.1 Å². The molecule has 0 fully saturated rings. The summed E-state index contributed by atoms with van der Waals surface area (Å²) in [5, 5.41) is 0. The second kappa shape index (κ2) is 2.64. The van der Waals surface area contributed by atoms with E-state index in [0.717, 1.165) is 10.2 Å². The van der Waals surface area contributed by atoms with Crippen LogP contribution >= 0.6 is 11.3 Å². The second-order valence-electron chi connectivity index (χ2n) is 2.36. The molecule has 0 radical (unpaired) electrons. The molecule has 2 rings (SSSR count). The van der Waals surface area contributed by atoms with Gasteiger partial charge in [0.05, 0.1) is 17.3 Å². The molecule has 2 aromatic rings. The number of aromatic amines is 1. The number of fused-ring (bicyclic) bond motifs is 1. The van der Waals surface area contributed by atoms with Crippen molar-refractivity contribution in [2.75, 3.05) is 7.11 Å². The Morgan fingerprint density at radius 1 is 1.67 bits per heavy atom. The summed E-state index contributed by atoms with van der Waals surface area (Å²) in [6, 6.07) is 3.73. The van der Waals surface area contributed by atoms with Crippen LogP contribution in [0.4, 0.5) is 0 Å². The van der Waals surface area contributed by atoms with Crippen LogP contribution in [0.1, 0.15) is 9.67 Å². The zero-order valence-corrected chi connectivity index (χ0v) is 7.27. The number of esters is 1. The predicted molar refractivity (Wildman–Crippen MR) is 47.5 cm³/mol. The van der Waals surface area contributed by atoms with Crippen LogP contribution in [-0.2, 0) is 4.74 Å². The van der Waals surface area contributed by atoms with E-state index in [9.17, 15) is 4.79 Å². The van der Waals surface area contributed by atoms with E-state index in [1.54, 1.807) is 6.07 Å². The number of nitrogens with one attached hydrogen (secondary N) is 1. The average Bonchev–Trinajstić information content (AvgIpc) is 2.60. The van der Waals surface area contributed by atoms with E-state index in [1.807, 2.05) is 12.3 Å². The molecule has 0 spiro atoms. The molecule has 2 aromatic heterocycles. The van der Waals surface area contributed by atoms with Crippen LogP contribution in [0.2, 0.25) is 0 Å². The summed E-state index contributed by atoms with van der Waals surface area (Å²) in [5.74, 6) is -0.274. The third kappa shape index (κ3) is 1.00. The van der Waals surface area contributed by atoms with Gasteiger partial charge in [0, 0.05) is 6.20 Å². The number of aromatic nitrogens is 1. The largest absolute Gasteiger partial charge is 0.465 e. The molecule has 12 heavy (non-hydrogen) atoms. The number of rotatable bonds is 1. The number of thiophene rings is 1. The normalized spacial score (nSPS) is 10.4. The first-order valence-electron chi connectivity index (χ1n) is 3.46. The molecular formula is C8H7NO2S. The topological polar surface area (TPSA) is 42.1 Å². The van der Waals surface area contributed by atoms with Crippen molar-refractivity contribution in [3.8, 4) is 0 Å². The van der Waals surface area contributed by atoms with E-state index in [-0.39, 0.29) is 5.97 Å². The quantitative estimate of drug-likeness (QED) is 0.684. The Labute approximate surface area is 73.0 Å². The fraction of sp³-hybridized carbons (Fsp3) is 0.125. The van der Waals surface area contributed by atoms with Crippen molar-refractivity contribution < 1.29 is 9.53 Å². The van der Waals surface area contributed by atoms with Gasteiger partial charge in [-0.2, -0.15) is 0 Å². The number of H-pyrrole nitrogens is 1.